The highest BCUT2D eigenvalue weighted by molar-refractivity contribution is 7.17. The van der Waals surface area contributed by atoms with E-state index in [9.17, 15) is 9.59 Å². The fourth-order valence-electron chi connectivity index (χ4n) is 3.13. The summed E-state index contributed by atoms with van der Waals surface area (Å²) >= 11 is 7.62. The second kappa shape index (κ2) is 8.52. The number of hydrogen-bond donors (Lipinski definition) is 2. The van der Waals surface area contributed by atoms with Crippen molar-refractivity contribution in [2.24, 2.45) is 0 Å². The third-order valence-electron chi connectivity index (χ3n) is 4.43. The van der Waals surface area contributed by atoms with Crippen molar-refractivity contribution >= 4 is 45.8 Å². The maximum absolute atomic E-state index is 12.4. The molecule has 0 fully saturated rings. The van der Waals surface area contributed by atoms with Crippen LogP contribution in [-0.2, 0) is 17.6 Å². The van der Waals surface area contributed by atoms with Crippen LogP contribution in [0.15, 0.2) is 30.3 Å². The van der Waals surface area contributed by atoms with Gasteiger partial charge in [-0.3, -0.25) is 9.59 Å². The van der Waals surface area contributed by atoms with E-state index in [1.165, 1.54) is 28.7 Å². The summed E-state index contributed by atoms with van der Waals surface area (Å²) in [6, 6.07) is 7.33. The lowest BCUT2D eigenvalue weighted by Gasteiger charge is -2.06. The molecule has 3 rings (SSSR count). The Balaban J connectivity index is 1.84. The number of fused-ring (bicyclic) bond motifs is 1. The van der Waals surface area contributed by atoms with Crippen LogP contribution in [0, 0.1) is 0 Å². The number of carbonyl (C=O) groups is 2. The molecule has 0 bridgehead atoms. The van der Waals surface area contributed by atoms with Crippen molar-refractivity contribution in [1.82, 2.24) is 5.32 Å². The van der Waals surface area contributed by atoms with Crippen LogP contribution in [-0.4, -0.2) is 18.9 Å². The Hall–Kier alpha value is -2.11. The Bertz CT molecular complexity index is 857. The van der Waals surface area contributed by atoms with Gasteiger partial charge in [0.1, 0.15) is 5.00 Å². The summed E-state index contributed by atoms with van der Waals surface area (Å²) in [5, 5.41) is 6.80. The zero-order valence-electron chi connectivity index (χ0n) is 14.6. The summed E-state index contributed by atoms with van der Waals surface area (Å²) < 4.78 is 0. The number of aryl methyl sites for hydroxylation is 1. The Morgan fingerprint density at radius 3 is 2.69 bits per heavy atom. The fourth-order valence-corrected chi connectivity index (χ4v) is 4.61. The molecular weight excluding hydrogens is 368 g/mol. The van der Waals surface area contributed by atoms with E-state index < -0.39 is 0 Å². The molecule has 2 N–H and O–H groups in total. The molecule has 0 atom stereocenters. The molecule has 0 saturated heterocycles. The van der Waals surface area contributed by atoms with Gasteiger partial charge in [-0.15, -0.1) is 11.3 Å². The summed E-state index contributed by atoms with van der Waals surface area (Å²) in [7, 11) is 1.62. The van der Waals surface area contributed by atoms with Crippen molar-refractivity contribution in [3.05, 3.63) is 56.9 Å². The first-order chi connectivity index (χ1) is 12.6. The first-order valence-corrected chi connectivity index (χ1v) is 9.90. The van der Waals surface area contributed by atoms with Gasteiger partial charge < -0.3 is 10.6 Å². The van der Waals surface area contributed by atoms with Crippen LogP contribution in [0.1, 0.15) is 45.6 Å². The molecule has 1 aromatic heterocycles. The summed E-state index contributed by atoms with van der Waals surface area (Å²) in [6.07, 6.45) is 8.36. The van der Waals surface area contributed by atoms with Crippen molar-refractivity contribution in [2.75, 3.05) is 12.4 Å². The van der Waals surface area contributed by atoms with Gasteiger partial charge in [-0.2, -0.15) is 0 Å². The highest BCUT2D eigenvalue weighted by atomic mass is 35.5. The second-order valence-electron chi connectivity index (χ2n) is 6.19. The summed E-state index contributed by atoms with van der Waals surface area (Å²) in [6.45, 7) is 0. The smallest absolute Gasteiger partial charge is 0.254 e. The molecule has 1 aromatic carbocycles. The van der Waals surface area contributed by atoms with Crippen LogP contribution >= 0.6 is 22.9 Å². The minimum atomic E-state index is -0.272. The lowest BCUT2D eigenvalue weighted by atomic mass is 10.0. The third-order valence-corrected chi connectivity index (χ3v) is 5.98. The SMILES string of the molecule is CNC(=O)c1c(NC(=O)/C=C/c2ccccc2Cl)sc2c1CCCCC2. The lowest BCUT2D eigenvalue weighted by Crippen LogP contribution is -2.21. The number of benzene rings is 1. The van der Waals surface area contributed by atoms with Gasteiger partial charge in [0.25, 0.3) is 5.91 Å². The number of amides is 2. The molecule has 1 heterocycles. The van der Waals surface area contributed by atoms with E-state index in [0.717, 1.165) is 36.8 Å². The lowest BCUT2D eigenvalue weighted by molar-refractivity contribution is -0.111. The van der Waals surface area contributed by atoms with Gasteiger partial charge in [0, 0.05) is 23.0 Å². The molecule has 2 aromatic rings. The second-order valence-corrected chi connectivity index (χ2v) is 7.70. The molecule has 0 aliphatic heterocycles. The molecular formula is C20H21ClN2O2S. The van der Waals surface area contributed by atoms with Crippen molar-refractivity contribution in [3.8, 4) is 0 Å². The number of thiophene rings is 1. The molecule has 1 aliphatic carbocycles. The molecule has 0 unspecified atom stereocenters. The number of rotatable bonds is 4. The molecule has 6 heteroatoms. The first kappa shape index (κ1) is 18.7. The van der Waals surface area contributed by atoms with Crippen LogP contribution in [0.2, 0.25) is 5.02 Å². The summed E-state index contributed by atoms with van der Waals surface area (Å²) in [4.78, 5) is 26.0. The summed E-state index contributed by atoms with van der Waals surface area (Å²) in [5.41, 5.74) is 2.49. The third kappa shape index (κ3) is 4.17. The van der Waals surface area contributed by atoms with Crippen molar-refractivity contribution in [2.45, 2.75) is 32.1 Å². The summed E-state index contributed by atoms with van der Waals surface area (Å²) in [5.74, 6) is -0.415. The number of anilines is 1. The number of halogens is 1. The van der Waals surface area contributed by atoms with Gasteiger partial charge in [0.15, 0.2) is 0 Å². The van der Waals surface area contributed by atoms with Crippen LogP contribution in [0.3, 0.4) is 0 Å². The standard InChI is InChI=1S/C20H21ClN2O2S/c1-22-19(25)18-14-8-3-2-4-10-16(14)26-20(18)23-17(24)12-11-13-7-5-6-9-15(13)21/h5-7,9,11-12H,2-4,8,10H2,1H3,(H,22,25)(H,23,24)/b12-11+. The van der Waals surface area contributed by atoms with Gasteiger partial charge >= 0.3 is 0 Å². The maximum Gasteiger partial charge on any atom is 0.254 e. The molecule has 0 spiro atoms. The van der Waals surface area contributed by atoms with Crippen LogP contribution in [0.5, 0.6) is 0 Å². The molecule has 26 heavy (non-hydrogen) atoms. The highest BCUT2D eigenvalue weighted by Gasteiger charge is 2.24. The highest BCUT2D eigenvalue weighted by Crippen LogP contribution is 2.37. The number of nitrogens with one attached hydrogen (secondary N) is 2. The first-order valence-electron chi connectivity index (χ1n) is 8.70. The van der Waals surface area contributed by atoms with E-state index in [1.54, 1.807) is 19.2 Å². The molecule has 0 saturated carbocycles. The Morgan fingerprint density at radius 1 is 1.15 bits per heavy atom. The zero-order valence-corrected chi connectivity index (χ0v) is 16.2. The predicted octanol–water partition coefficient (Wildman–Crippen LogP) is 4.68. The Kier molecular flexibility index (Phi) is 6.12. The van der Waals surface area contributed by atoms with Crippen LogP contribution in [0.25, 0.3) is 6.08 Å². The van der Waals surface area contributed by atoms with Crippen molar-refractivity contribution < 1.29 is 9.59 Å². The molecule has 136 valence electrons. The quantitative estimate of drug-likeness (QED) is 0.590. The topological polar surface area (TPSA) is 58.2 Å². The van der Waals surface area contributed by atoms with E-state index in [2.05, 4.69) is 10.6 Å². The van der Waals surface area contributed by atoms with Gasteiger partial charge in [-0.1, -0.05) is 36.2 Å². The molecule has 0 radical (unpaired) electrons. The predicted molar refractivity (Wildman–Crippen MR) is 108 cm³/mol. The zero-order chi connectivity index (χ0) is 18.5. The molecule has 4 nitrogen and oxygen atoms in total. The monoisotopic (exact) mass is 388 g/mol. The van der Waals surface area contributed by atoms with Gasteiger partial charge in [-0.05, 0) is 49.0 Å². The number of carbonyl (C=O) groups excluding carboxylic acids is 2. The van der Waals surface area contributed by atoms with Crippen molar-refractivity contribution in [3.63, 3.8) is 0 Å². The average Bonchev–Trinajstić information content (AvgIpc) is 2.81. The minimum absolute atomic E-state index is 0.144. The van der Waals surface area contributed by atoms with E-state index in [-0.39, 0.29) is 11.8 Å². The van der Waals surface area contributed by atoms with E-state index >= 15 is 0 Å². The normalized spacial score (nSPS) is 13.9. The van der Waals surface area contributed by atoms with E-state index in [4.69, 9.17) is 11.6 Å². The Morgan fingerprint density at radius 2 is 1.92 bits per heavy atom. The van der Waals surface area contributed by atoms with Crippen LogP contribution in [0.4, 0.5) is 5.00 Å². The molecule has 1 aliphatic rings. The fraction of sp³-hybridized carbons (Fsp3) is 0.300. The Labute approximate surface area is 162 Å². The van der Waals surface area contributed by atoms with E-state index in [0.29, 0.717) is 15.6 Å². The number of hydrogen-bond acceptors (Lipinski definition) is 3. The van der Waals surface area contributed by atoms with Gasteiger partial charge in [-0.25, -0.2) is 0 Å². The van der Waals surface area contributed by atoms with Crippen molar-refractivity contribution in [1.29, 1.82) is 0 Å². The average molecular weight is 389 g/mol. The maximum atomic E-state index is 12.4. The van der Waals surface area contributed by atoms with Gasteiger partial charge in [0.2, 0.25) is 5.91 Å². The van der Waals surface area contributed by atoms with E-state index in [1.807, 2.05) is 18.2 Å². The van der Waals surface area contributed by atoms with Gasteiger partial charge in [0.05, 0.1) is 5.56 Å². The molecule has 2 amide bonds. The van der Waals surface area contributed by atoms with Crippen LogP contribution < -0.4 is 10.6 Å². The largest absolute Gasteiger partial charge is 0.355 e. The minimum Gasteiger partial charge on any atom is -0.355 e.